The lowest BCUT2D eigenvalue weighted by atomic mass is 9.81. The SMILES string of the molecule is COc1cc2c(c3c1c(=O)c1cc4ccccc4cc1n3C)C=C(CC(C)(C)CC(=O)O)CO2. The van der Waals surface area contributed by atoms with Crippen molar-refractivity contribution in [2.24, 2.45) is 12.5 Å². The van der Waals surface area contributed by atoms with Crippen LogP contribution >= 0.6 is 0 Å². The van der Waals surface area contributed by atoms with E-state index in [2.05, 4.69) is 6.08 Å². The van der Waals surface area contributed by atoms with E-state index in [4.69, 9.17) is 9.47 Å². The molecule has 174 valence electrons. The fraction of sp³-hybridized carbons (Fsp3) is 0.286. The molecule has 5 rings (SSSR count). The van der Waals surface area contributed by atoms with Crippen LogP contribution in [0.2, 0.25) is 0 Å². The molecule has 0 amide bonds. The topological polar surface area (TPSA) is 77.8 Å². The Hall–Kier alpha value is -3.80. The van der Waals surface area contributed by atoms with Gasteiger partial charge in [0.05, 0.1) is 30.0 Å². The van der Waals surface area contributed by atoms with Crippen LogP contribution in [0.25, 0.3) is 38.7 Å². The molecular weight excluding hydrogens is 430 g/mol. The Morgan fingerprint density at radius 1 is 1.18 bits per heavy atom. The molecule has 1 N–H and O–H groups in total. The number of carbonyl (C=O) groups is 1. The van der Waals surface area contributed by atoms with E-state index < -0.39 is 11.4 Å². The fourth-order valence-electron chi connectivity index (χ4n) is 5.17. The van der Waals surface area contributed by atoms with Crippen LogP contribution in [0.5, 0.6) is 11.5 Å². The zero-order chi connectivity index (χ0) is 24.2. The highest BCUT2D eigenvalue weighted by atomic mass is 16.5. The van der Waals surface area contributed by atoms with Crippen LogP contribution in [0.1, 0.15) is 32.3 Å². The van der Waals surface area contributed by atoms with E-state index in [1.54, 1.807) is 13.2 Å². The summed E-state index contributed by atoms with van der Waals surface area (Å²) in [6.45, 7) is 4.26. The third-order valence-corrected chi connectivity index (χ3v) is 6.62. The highest BCUT2D eigenvalue weighted by Crippen LogP contribution is 2.41. The molecule has 34 heavy (non-hydrogen) atoms. The summed E-state index contributed by atoms with van der Waals surface area (Å²) in [7, 11) is 3.51. The minimum atomic E-state index is -0.820. The number of benzene rings is 3. The summed E-state index contributed by atoms with van der Waals surface area (Å²) >= 11 is 0. The van der Waals surface area contributed by atoms with Gasteiger partial charge in [0.15, 0.2) is 0 Å². The van der Waals surface area contributed by atoms with Crippen molar-refractivity contribution in [2.75, 3.05) is 13.7 Å². The van der Waals surface area contributed by atoms with Gasteiger partial charge in [0.25, 0.3) is 0 Å². The third kappa shape index (κ3) is 3.59. The summed E-state index contributed by atoms with van der Waals surface area (Å²) in [6.07, 6.45) is 2.70. The molecule has 3 aromatic carbocycles. The maximum atomic E-state index is 13.8. The molecule has 4 aromatic rings. The number of carboxylic acid groups (broad SMARTS) is 1. The number of pyridine rings is 1. The van der Waals surface area contributed by atoms with E-state index in [0.29, 0.717) is 35.3 Å². The standard InChI is InChI=1S/C28H27NO5/c1-28(2,14-24(30)31)13-16-9-20-22(34-15-16)12-23(33-4)25-26(20)29(3)21-11-18-8-6-5-7-17(18)10-19(21)27(25)32/h5-12H,13-15H2,1-4H3,(H,30,31). The summed E-state index contributed by atoms with van der Waals surface area (Å²) in [6, 6.07) is 13.8. The van der Waals surface area contributed by atoms with Crippen molar-refractivity contribution in [1.82, 2.24) is 4.57 Å². The highest BCUT2D eigenvalue weighted by molar-refractivity contribution is 6.05. The number of rotatable bonds is 5. The smallest absolute Gasteiger partial charge is 0.303 e. The second-order valence-electron chi connectivity index (χ2n) is 9.82. The van der Waals surface area contributed by atoms with Crippen LogP contribution in [-0.4, -0.2) is 29.4 Å². The number of ether oxygens (including phenoxy) is 2. The lowest BCUT2D eigenvalue weighted by Crippen LogP contribution is -2.21. The van der Waals surface area contributed by atoms with Crippen molar-refractivity contribution in [2.45, 2.75) is 26.7 Å². The van der Waals surface area contributed by atoms with Crippen molar-refractivity contribution in [3.8, 4) is 11.5 Å². The van der Waals surface area contributed by atoms with E-state index in [1.165, 1.54) is 0 Å². The molecule has 0 spiro atoms. The molecule has 0 bridgehead atoms. The monoisotopic (exact) mass is 457 g/mol. The maximum Gasteiger partial charge on any atom is 0.303 e. The van der Waals surface area contributed by atoms with Crippen molar-refractivity contribution in [3.05, 3.63) is 63.8 Å². The van der Waals surface area contributed by atoms with E-state index in [9.17, 15) is 14.7 Å². The molecule has 6 nitrogen and oxygen atoms in total. The van der Waals surface area contributed by atoms with Gasteiger partial charge in [0.2, 0.25) is 5.43 Å². The molecule has 0 saturated heterocycles. The van der Waals surface area contributed by atoms with Gasteiger partial charge in [0, 0.05) is 24.1 Å². The molecule has 0 radical (unpaired) electrons. The van der Waals surface area contributed by atoms with Crippen LogP contribution in [0, 0.1) is 5.41 Å². The number of hydrogen-bond acceptors (Lipinski definition) is 4. The molecule has 0 saturated carbocycles. The van der Waals surface area contributed by atoms with Gasteiger partial charge in [0.1, 0.15) is 18.1 Å². The van der Waals surface area contributed by atoms with Gasteiger partial charge in [-0.3, -0.25) is 9.59 Å². The first-order valence-corrected chi connectivity index (χ1v) is 11.3. The Morgan fingerprint density at radius 3 is 2.56 bits per heavy atom. The number of methoxy groups -OCH3 is 1. The summed E-state index contributed by atoms with van der Waals surface area (Å²) in [5, 5.41) is 12.5. The molecule has 0 aliphatic carbocycles. The molecule has 1 aliphatic rings. The van der Waals surface area contributed by atoms with E-state index in [-0.39, 0.29) is 11.8 Å². The van der Waals surface area contributed by atoms with Crippen LogP contribution in [-0.2, 0) is 11.8 Å². The van der Waals surface area contributed by atoms with Gasteiger partial charge in [-0.15, -0.1) is 0 Å². The molecule has 0 unspecified atom stereocenters. The van der Waals surface area contributed by atoms with Gasteiger partial charge >= 0.3 is 5.97 Å². The Bertz CT molecular complexity index is 1580. The third-order valence-electron chi connectivity index (χ3n) is 6.62. The predicted octanol–water partition coefficient (Wildman–Crippen LogP) is 5.52. The first-order chi connectivity index (χ1) is 16.2. The van der Waals surface area contributed by atoms with Crippen LogP contribution in [0.3, 0.4) is 0 Å². The number of nitrogens with zero attached hydrogens (tertiary/aromatic N) is 1. The van der Waals surface area contributed by atoms with E-state index in [1.807, 2.05) is 61.9 Å². The largest absolute Gasteiger partial charge is 0.496 e. The second kappa shape index (κ2) is 7.90. The van der Waals surface area contributed by atoms with Crippen molar-refractivity contribution in [3.63, 3.8) is 0 Å². The number of fused-ring (bicyclic) bond motifs is 5. The Morgan fingerprint density at radius 2 is 1.88 bits per heavy atom. The molecule has 0 fully saturated rings. The second-order valence-corrected chi connectivity index (χ2v) is 9.82. The lowest BCUT2D eigenvalue weighted by Gasteiger charge is -2.28. The highest BCUT2D eigenvalue weighted by Gasteiger charge is 2.27. The quantitative estimate of drug-likeness (QED) is 0.399. The predicted molar refractivity (Wildman–Crippen MR) is 135 cm³/mol. The number of hydrogen-bond donors (Lipinski definition) is 1. The molecule has 1 aliphatic heterocycles. The zero-order valence-corrected chi connectivity index (χ0v) is 19.8. The summed E-state index contributed by atoms with van der Waals surface area (Å²) in [5.41, 5.74) is 2.89. The van der Waals surface area contributed by atoms with Crippen LogP contribution in [0.15, 0.2) is 52.8 Å². The van der Waals surface area contributed by atoms with Gasteiger partial charge in [-0.05, 0) is 46.4 Å². The Balaban J connectivity index is 1.81. The maximum absolute atomic E-state index is 13.8. The number of aromatic nitrogens is 1. The Labute approximate surface area is 197 Å². The number of aryl methyl sites for hydroxylation is 1. The zero-order valence-electron chi connectivity index (χ0n) is 19.8. The molecule has 2 heterocycles. The van der Waals surface area contributed by atoms with Gasteiger partial charge < -0.3 is 19.1 Å². The molecule has 1 aromatic heterocycles. The lowest BCUT2D eigenvalue weighted by molar-refractivity contribution is -0.139. The molecular formula is C28H27NO5. The number of carboxylic acids is 1. The molecule has 6 heteroatoms. The Kier molecular flexibility index (Phi) is 5.12. The minimum Gasteiger partial charge on any atom is -0.496 e. The fourth-order valence-corrected chi connectivity index (χ4v) is 5.17. The molecule has 0 atom stereocenters. The van der Waals surface area contributed by atoms with Crippen LogP contribution < -0.4 is 14.9 Å². The van der Waals surface area contributed by atoms with E-state index >= 15 is 0 Å². The first-order valence-electron chi connectivity index (χ1n) is 11.3. The summed E-state index contributed by atoms with van der Waals surface area (Å²) in [4.78, 5) is 25.1. The van der Waals surface area contributed by atoms with Crippen LogP contribution in [0.4, 0.5) is 0 Å². The van der Waals surface area contributed by atoms with E-state index in [0.717, 1.165) is 32.9 Å². The number of aliphatic carboxylic acids is 1. The summed E-state index contributed by atoms with van der Waals surface area (Å²) < 4.78 is 13.8. The van der Waals surface area contributed by atoms with Crippen molar-refractivity contribution < 1.29 is 19.4 Å². The van der Waals surface area contributed by atoms with Crippen molar-refractivity contribution in [1.29, 1.82) is 0 Å². The van der Waals surface area contributed by atoms with Crippen molar-refractivity contribution >= 4 is 44.6 Å². The van der Waals surface area contributed by atoms with Gasteiger partial charge in [-0.1, -0.05) is 38.1 Å². The normalized spacial score (nSPS) is 13.6. The van der Waals surface area contributed by atoms with Gasteiger partial charge in [-0.25, -0.2) is 0 Å². The average molecular weight is 458 g/mol. The van der Waals surface area contributed by atoms with Gasteiger partial charge in [-0.2, -0.15) is 0 Å². The minimum absolute atomic E-state index is 0.0662. The average Bonchev–Trinajstić information content (AvgIpc) is 2.79. The summed E-state index contributed by atoms with van der Waals surface area (Å²) in [5.74, 6) is 0.311. The first kappa shape index (κ1) is 22.0.